The molecule has 0 amide bonds. The summed E-state index contributed by atoms with van der Waals surface area (Å²) in [5.41, 5.74) is 2.03. The van der Waals surface area contributed by atoms with Gasteiger partial charge in [0.05, 0.1) is 10.3 Å². The molecule has 0 saturated heterocycles. The molecule has 4 aromatic rings. The minimum Gasteiger partial charge on any atom is -0.480 e. The Labute approximate surface area is 211 Å². The number of hydrogen-bond donors (Lipinski definition) is 2. The predicted molar refractivity (Wildman–Crippen MR) is 136 cm³/mol. The first-order valence-electron chi connectivity index (χ1n) is 11.1. The van der Waals surface area contributed by atoms with Crippen molar-refractivity contribution in [1.29, 1.82) is 0 Å². The molecule has 36 heavy (non-hydrogen) atoms. The number of aliphatic carboxylic acids is 1. The Balaban J connectivity index is 1.71. The average Bonchev–Trinajstić information content (AvgIpc) is 2.90. The van der Waals surface area contributed by atoms with Crippen LogP contribution in [0, 0.1) is 0 Å². The summed E-state index contributed by atoms with van der Waals surface area (Å²) in [7, 11) is 0. The molecule has 0 bridgehead atoms. The van der Waals surface area contributed by atoms with E-state index in [1.807, 2.05) is 91.0 Å². The smallest absolute Gasteiger partial charge is 0.417 e. The van der Waals surface area contributed by atoms with Gasteiger partial charge in [0.15, 0.2) is 0 Å². The van der Waals surface area contributed by atoms with Crippen molar-refractivity contribution in [2.24, 2.45) is 0 Å². The van der Waals surface area contributed by atoms with E-state index < -0.39 is 28.5 Å². The van der Waals surface area contributed by atoms with Crippen molar-refractivity contribution in [3.05, 3.63) is 132 Å². The monoisotopic (exact) mass is 508 g/mol. The van der Waals surface area contributed by atoms with Gasteiger partial charge in [-0.25, -0.2) is 9.78 Å². The normalized spacial score (nSPS) is 12.6. The first kappa shape index (κ1) is 25.3. The van der Waals surface area contributed by atoms with Crippen LogP contribution >= 0.6 is 11.8 Å². The lowest BCUT2D eigenvalue weighted by atomic mass is 9.84. The van der Waals surface area contributed by atoms with E-state index in [1.54, 1.807) is 0 Å². The lowest BCUT2D eigenvalue weighted by Gasteiger charge is -2.36. The second kappa shape index (κ2) is 10.9. The van der Waals surface area contributed by atoms with E-state index in [-0.39, 0.29) is 11.6 Å². The molecule has 2 N–H and O–H groups in total. The van der Waals surface area contributed by atoms with Crippen molar-refractivity contribution >= 4 is 23.5 Å². The van der Waals surface area contributed by atoms with Gasteiger partial charge in [0, 0.05) is 11.9 Å². The summed E-state index contributed by atoms with van der Waals surface area (Å²) >= 11 is 1.44. The SMILES string of the molecule is O=C(O)C(CSC(c1ccccc1)(c1ccccc1)c1ccccc1)Nc1ccc(C(F)(F)F)cn1. The summed E-state index contributed by atoms with van der Waals surface area (Å²) in [6, 6.07) is 30.4. The number of hydrogen-bond acceptors (Lipinski definition) is 4. The van der Waals surface area contributed by atoms with Crippen molar-refractivity contribution in [3.63, 3.8) is 0 Å². The van der Waals surface area contributed by atoms with E-state index in [1.165, 1.54) is 11.8 Å². The number of benzene rings is 3. The number of carboxylic acid groups (broad SMARTS) is 1. The van der Waals surface area contributed by atoms with Crippen LogP contribution in [0.2, 0.25) is 0 Å². The number of aromatic nitrogens is 1. The number of carbonyl (C=O) groups is 1. The van der Waals surface area contributed by atoms with E-state index in [2.05, 4.69) is 10.3 Å². The van der Waals surface area contributed by atoms with Gasteiger partial charge in [-0.3, -0.25) is 0 Å². The third-order valence-corrected chi connectivity index (χ3v) is 7.36. The Morgan fingerprint density at radius 1 is 0.778 bits per heavy atom. The van der Waals surface area contributed by atoms with Gasteiger partial charge in [0.2, 0.25) is 0 Å². The third-order valence-electron chi connectivity index (χ3n) is 5.72. The molecule has 0 fully saturated rings. The number of rotatable bonds is 9. The second-order valence-corrected chi connectivity index (χ2v) is 9.29. The summed E-state index contributed by atoms with van der Waals surface area (Å²) < 4.78 is 37.9. The Morgan fingerprint density at radius 2 is 1.25 bits per heavy atom. The lowest BCUT2D eigenvalue weighted by Crippen LogP contribution is -2.35. The summed E-state index contributed by atoms with van der Waals surface area (Å²) in [4.78, 5) is 16.0. The topological polar surface area (TPSA) is 62.2 Å². The van der Waals surface area contributed by atoms with E-state index in [0.29, 0.717) is 6.20 Å². The van der Waals surface area contributed by atoms with Crippen molar-refractivity contribution in [2.75, 3.05) is 11.1 Å². The molecule has 1 heterocycles. The predicted octanol–water partition coefficient (Wildman–Crippen LogP) is 6.69. The largest absolute Gasteiger partial charge is 0.480 e. The maximum atomic E-state index is 12.9. The van der Waals surface area contributed by atoms with Gasteiger partial charge in [0.1, 0.15) is 11.9 Å². The fourth-order valence-electron chi connectivity index (χ4n) is 3.98. The van der Waals surface area contributed by atoms with Gasteiger partial charge in [-0.2, -0.15) is 13.2 Å². The molecule has 1 atom stereocenters. The highest BCUT2D eigenvalue weighted by Crippen LogP contribution is 2.48. The number of carboxylic acids is 1. The summed E-state index contributed by atoms with van der Waals surface area (Å²) in [5, 5.41) is 12.7. The van der Waals surface area contributed by atoms with Crippen molar-refractivity contribution in [3.8, 4) is 0 Å². The molecule has 4 nitrogen and oxygen atoms in total. The zero-order valence-electron chi connectivity index (χ0n) is 19.0. The molecular formula is C28H23F3N2O2S. The van der Waals surface area contributed by atoms with Crippen LogP contribution < -0.4 is 5.32 Å². The molecule has 184 valence electrons. The van der Waals surface area contributed by atoms with Gasteiger partial charge in [-0.15, -0.1) is 11.8 Å². The first-order valence-corrected chi connectivity index (χ1v) is 12.1. The molecule has 0 aliphatic heterocycles. The highest BCUT2D eigenvalue weighted by atomic mass is 32.2. The van der Waals surface area contributed by atoms with Crippen molar-refractivity contribution in [1.82, 2.24) is 4.98 Å². The van der Waals surface area contributed by atoms with Gasteiger partial charge in [0.25, 0.3) is 0 Å². The number of nitrogens with one attached hydrogen (secondary N) is 1. The molecule has 0 radical (unpaired) electrons. The molecule has 8 heteroatoms. The minimum absolute atomic E-state index is 0.0562. The molecule has 0 spiro atoms. The molecule has 1 aromatic heterocycles. The van der Waals surface area contributed by atoms with E-state index in [0.717, 1.165) is 28.8 Å². The fraction of sp³-hybridized carbons (Fsp3) is 0.143. The quantitative estimate of drug-likeness (QED) is 0.247. The molecular weight excluding hydrogens is 485 g/mol. The fourth-order valence-corrected chi connectivity index (χ4v) is 5.53. The minimum atomic E-state index is -4.52. The molecule has 3 aromatic carbocycles. The van der Waals surface area contributed by atoms with Gasteiger partial charge < -0.3 is 10.4 Å². The highest BCUT2D eigenvalue weighted by Gasteiger charge is 2.38. The van der Waals surface area contributed by atoms with E-state index in [9.17, 15) is 23.1 Å². The third kappa shape index (κ3) is 5.54. The lowest BCUT2D eigenvalue weighted by molar-refractivity contribution is -0.138. The summed E-state index contributed by atoms with van der Waals surface area (Å²) in [6.07, 6.45) is -3.83. The van der Waals surface area contributed by atoms with Gasteiger partial charge >= 0.3 is 12.1 Å². The van der Waals surface area contributed by atoms with E-state index in [4.69, 9.17) is 0 Å². The Morgan fingerprint density at radius 3 is 1.61 bits per heavy atom. The van der Waals surface area contributed by atoms with E-state index >= 15 is 0 Å². The summed E-state index contributed by atoms with van der Waals surface area (Å²) in [6.45, 7) is 0. The van der Waals surface area contributed by atoms with Crippen LogP contribution in [-0.4, -0.2) is 27.9 Å². The Hall–Kier alpha value is -3.78. The highest BCUT2D eigenvalue weighted by molar-refractivity contribution is 8.00. The number of halogens is 3. The van der Waals surface area contributed by atoms with Crippen LogP contribution in [0.3, 0.4) is 0 Å². The first-order chi connectivity index (χ1) is 17.3. The second-order valence-electron chi connectivity index (χ2n) is 8.06. The van der Waals surface area contributed by atoms with Crippen LogP contribution in [-0.2, 0) is 15.7 Å². The Kier molecular flexibility index (Phi) is 7.64. The average molecular weight is 509 g/mol. The molecule has 0 aliphatic carbocycles. The zero-order chi connectivity index (χ0) is 25.6. The molecule has 0 saturated carbocycles. The van der Waals surface area contributed by atoms with Crippen LogP contribution in [0.25, 0.3) is 0 Å². The van der Waals surface area contributed by atoms with Crippen LogP contribution in [0.4, 0.5) is 19.0 Å². The molecule has 0 aliphatic rings. The maximum absolute atomic E-state index is 12.9. The standard InChI is InChI=1S/C28H23F3N2O2S/c29-28(30,31)23-16-17-25(32-18-23)33-24(26(34)35)19-36-27(20-10-4-1-5-11-20,21-12-6-2-7-13-21)22-14-8-3-9-15-22/h1-18,24H,19H2,(H,32,33)(H,34,35). The molecule has 1 unspecified atom stereocenters. The van der Waals surface area contributed by atoms with Crippen LogP contribution in [0.5, 0.6) is 0 Å². The number of anilines is 1. The number of alkyl halides is 3. The van der Waals surface area contributed by atoms with Crippen LogP contribution in [0.1, 0.15) is 22.3 Å². The van der Waals surface area contributed by atoms with Crippen molar-refractivity contribution in [2.45, 2.75) is 17.0 Å². The number of pyridine rings is 1. The molecule has 4 rings (SSSR count). The van der Waals surface area contributed by atoms with Gasteiger partial charge in [-0.05, 0) is 28.8 Å². The van der Waals surface area contributed by atoms with Crippen molar-refractivity contribution < 1.29 is 23.1 Å². The summed E-state index contributed by atoms with van der Waals surface area (Å²) in [5.74, 6) is -0.968. The number of nitrogens with zero attached hydrogens (tertiary/aromatic N) is 1. The van der Waals surface area contributed by atoms with Crippen LogP contribution in [0.15, 0.2) is 109 Å². The number of thioether (sulfide) groups is 1. The Bertz CT molecular complexity index is 1170. The zero-order valence-corrected chi connectivity index (χ0v) is 19.8. The van der Waals surface area contributed by atoms with Gasteiger partial charge in [-0.1, -0.05) is 91.0 Å². The maximum Gasteiger partial charge on any atom is 0.417 e.